The summed E-state index contributed by atoms with van der Waals surface area (Å²) in [5.74, 6) is 0. The van der Waals surface area contributed by atoms with Gasteiger partial charge in [-0.2, -0.15) is 0 Å². The Balaban J connectivity index is -0.000000330. The Labute approximate surface area is 159 Å². The van der Waals surface area contributed by atoms with E-state index in [1.54, 1.807) is 0 Å². The van der Waals surface area contributed by atoms with Gasteiger partial charge in [-0.3, -0.25) is 0 Å². The normalized spacial score (nSPS) is 9.84. The molecule has 0 aromatic carbocycles. The van der Waals surface area contributed by atoms with E-state index >= 15 is 0 Å². The van der Waals surface area contributed by atoms with Gasteiger partial charge in [0, 0.05) is 0 Å². The van der Waals surface area contributed by atoms with Gasteiger partial charge in [0.05, 0.1) is 0 Å². The second-order valence-electron chi connectivity index (χ2n) is 7.43. The molecule has 0 saturated heterocycles. The SMILES string of the molecule is CCCCCCCCCCCCCCCCCCN.CN(C)C.O.O. The molecule has 0 heterocycles. The number of nitrogens with zero attached hydrogens (tertiary/aromatic N) is 1. The lowest BCUT2D eigenvalue weighted by molar-refractivity contribution is 0.505. The minimum absolute atomic E-state index is 0. The van der Waals surface area contributed by atoms with Crippen molar-refractivity contribution in [1.82, 2.24) is 4.90 Å². The standard InChI is InChI=1S/C18H39N.C3H9N.2H2O/c1-2-3-4-5-6-7-8-9-10-11-12-13-14-15-16-17-18-19;1-4(2)3;;/h2-19H2,1H3;1-3H3;2*1H2. The van der Waals surface area contributed by atoms with Crippen LogP contribution in [0.5, 0.6) is 0 Å². The Morgan fingerprint density at radius 2 is 0.680 bits per heavy atom. The van der Waals surface area contributed by atoms with Crippen LogP contribution in [-0.4, -0.2) is 43.5 Å². The van der Waals surface area contributed by atoms with Gasteiger partial charge in [0.15, 0.2) is 0 Å². The van der Waals surface area contributed by atoms with Gasteiger partial charge < -0.3 is 21.6 Å². The van der Waals surface area contributed by atoms with Crippen LogP contribution in [0.4, 0.5) is 0 Å². The average Bonchev–Trinajstić information content (AvgIpc) is 2.50. The quantitative estimate of drug-likeness (QED) is 0.401. The van der Waals surface area contributed by atoms with Crippen molar-refractivity contribution in [2.45, 2.75) is 110 Å². The third-order valence-corrected chi connectivity index (χ3v) is 4.06. The molecule has 0 unspecified atom stereocenters. The first-order chi connectivity index (χ1) is 11.1. The fourth-order valence-electron chi connectivity index (χ4n) is 2.69. The molecule has 4 heteroatoms. The summed E-state index contributed by atoms with van der Waals surface area (Å²) >= 11 is 0. The molecular formula is C21H52N2O2. The van der Waals surface area contributed by atoms with E-state index in [1.807, 2.05) is 26.0 Å². The van der Waals surface area contributed by atoms with Crippen LogP contribution in [0.3, 0.4) is 0 Å². The number of rotatable bonds is 16. The van der Waals surface area contributed by atoms with Gasteiger partial charge in [0.2, 0.25) is 0 Å². The second-order valence-corrected chi connectivity index (χ2v) is 7.43. The van der Waals surface area contributed by atoms with Crippen molar-refractivity contribution in [3.63, 3.8) is 0 Å². The lowest BCUT2D eigenvalue weighted by Crippen LogP contribution is -1.99. The van der Waals surface area contributed by atoms with Crippen LogP contribution in [0.15, 0.2) is 0 Å². The van der Waals surface area contributed by atoms with Crippen molar-refractivity contribution >= 4 is 0 Å². The molecular weight excluding hydrogens is 312 g/mol. The van der Waals surface area contributed by atoms with Crippen molar-refractivity contribution in [1.29, 1.82) is 0 Å². The van der Waals surface area contributed by atoms with Gasteiger partial charge in [-0.25, -0.2) is 0 Å². The maximum absolute atomic E-state index is 5.48. The second kappa shape index (κ2) is 31.6. The fraction of sp³-hybridized carbons (Fsp3) is 1.00. The molecule has 0 saturated carbocycles. The Morgan fingerprint density at radius 1 is 0.480 bits per heavy atom. The summed E-state index contributed by atoms with van der Waals surface area (Å²) in [5.41, 5.74) is 5.48. The predicted molar refractivity (Wildman–Crippen MR) is 115 cm³/mol. The summed E-state index contributed by atoms with van der Waals surface area (Å²) in [6.45, 7) is 3.16. The van der Waals surface area contributed by atoms with E-state index in [0.29, 0.717) is 0 Å². The molecule has 0 atom stereocenters. The van der Waals surface area contributed by atoms with E-state index in [4.69, 9.17) is 5.73 Å². The zero-order valence-corrected chi connectivity index (χ0v) is 18.0. The van der Waals surface area contributed by atoms with E-state index in [0.717, 1.165) is 6.54 Å². The highest BCUT2D eigenvalue weighted by Gasteiger charge is 1.94. The zero-order chi connectivity index (χ0) is 17.6. The highest BCUT2D eigenvalue weighted by atomic mass is 16.0. The van der Waals surface area contributed by atoms with E-state index in [9.17, 15) is 0 Å². The van der Waals surface area contributed by atoms with Crippen molar-refractivity contribution < 1.29 is 11.0 Å². The highest BCUT2D eigenvalue weighted by molar-refractivity contribution is 4.49. The first kappa shape index (κ1) is 32.5. The Kier molecular flexibility index (Phi) is 41.1. The van der Waals surface area contributed by atoms with E-state index in [-0.39, 0.29) is 11.0 Å². The summed E-state index contributed by atoms with van der Waals surface area (Å²) in [6.07, 6.45) is 22.9. The van der Waals surface area contributed by atoms with E-state index < -0.39 is 0 Å². The van der Waals surface area contributed by atoms with Crippen LogP contribution in [0, 0.1) is 0 Å². The van der Waals surface area contributed by atoms with E-state index in [2.05, 4.69) is 6.92 Å². The smallest absolute Gasteiger partial charge is 0.00773 e. The van der Waals surface area contributed by atoms with Crippen LogP contribution in [0.2, 0.25) is 0 Å². The molecule has 4 nitrogen and oxygen atoms in total. The molecule has 0 aromatic heterocycles. The monoisotopic (exact) mass is 364 g/mol. The van der Waals surface area contributed by atoms with Crippen LogP contribution in [0.25, 0.3) is 0 Å². The number of hydrogen-bond donors (Lipinski definition) is 1. The number of unbranched alkanes of at least 4 members (excludes halogenated alkanes) is 15. The molecule has 158 valence electrons. The average molecular weight is 365 g/mol. The maximum Gasteiger partial charge on any atom is -0.00773 e. The zero-order valence-electron chi connectivity index (χ0n) is 18.0. The van der Waals surface area contributed by atoms with Gasteiger partial charge in [0.25, 0.3) is 0 Å². The van der Waals surface area contributed by atoms with E-state index in [1.165, 1.54) is 103 Å². The van der Waals surface area contributed by atoms with Crippen molar-refractivity contribution in [3.8, 4) is 0 Å². The predicted octanol–water partition coefficient (Wildman–Crippen LogP) is 4.74. The Morgan fingerprint density at radius 3 is 0.880 bits per heavy atom. The maximum atomic E-state index is 5.48. The molecule has 6 N–H and O–H groups in total. The highest BCUT2D eigenvalue weighted by Crippen LogP contribution is 2.13. The van der Waals surface area contributed by atoms with Gasteiger partial charge in [-0.1, -0.05) is 103 Å². The largest absolute Gasteiger partial charge is 0.412 e. The van der Waals surface area contributed by atoms with Crippen molar-refractivity contribution in [3.05, 3.63) is 0 Å². The Hall–Kier alpha value is -0.160. The summed E-state index contributed by atoms with van der Waals surface area (Å²) in [6, 6.07) is 0. The molecule has 0 aliphatic rings. The molecule has 0 radical (unpaired) electrons. The molecule has 25 heavy (non-hydrogen) atoms. The molecule has 0 aliphatic heterocycles. The molecule has 0 aliphatic carbocycles. The van der Waals surface area contributed by atoms with Gasteiger partial charge in [-0.15, -0.1) is 0 Å². The van der Waals surface area contributed by atoms with Crippen LogP contribution in [0.1, 0.15) is 110 Å². The Bertz CT molecular complexity index is 172. The third-order valence-electron chi connectivity index (χ3n) is 4.06. The molecule has 0 fully saturated rings. The minimum atomic E-state index is 0. The summed E-state index contributed by atoms with van der Waals surface area (Å²) in [5, 5.41) is 0. The molecule has 0 rings (SSSR count). The molecule has 0 spiro atoms. The minimum Gasteiger partial charge on any atom is -0.412 e. The summed E-state index contributed by atoms with van der Waals surface area (Å²) in [4.78, 5) is 2.00. The van der Waals surface area contributed by atoms with Gasteiger partial charge >= 0.3 is 0 Å². The topological polar surface area (TPSA) is 92.3 Å². The van der Waals surface area contributed by atoms with Crippen molar-refractivity contribution in [2.24, 2.45) is 5.73 Å². The lowest BCUT2D eigenvalue weighted by Gasteiger charge is -2.03. The van der Waals surface area contributed by atoms with Crippen LogP contribution >= 0.6 is 0 Å². The third kappa shape index (κ3) is 45.3. The lowest BCUT2D eigenvalue weighted by atomic mass is 10.0. The molecule has 0 bridgehead atoms. The summed E-state index contributed by atoms with van der Waals surface area (Å²) in [7, 11) is 6.00. The van der Waals surface area contributed by atoms with Crippen molar-refractivity contribution in [2.75, 3.05) is 27.7 Å². The first-order valence-electron chi connectivity index (χ1n) is 10.5. The van der Waals surface area contributed by atoms with Crippen LogP contribution < -0.4 is 5.73 Å². The molecule has 0 amide bonds. The number of hydrogen-bond acceptors (Lipinski definition) is 2. The van der Waals surface area contributed by atoms with Crippen LogP contribution in [-0.2, 0) is 0 Å². The molecule has 0 aromatic rings. The fourth-order valence-corrected chi connectivity index (χ4v) is 2.69. The van der Waals surface area contributed by atoms with Gasteiger partial charge in [-0.05, 0) is 34.1 Å². The first-order valence-corrected chi connectivity index (χ1v) is 10.5. The summed E-state index contributed by atoms with van der Waals surface area (Å²) < 4.78 is 0. The number of nitrogens with two attached hydrogens (primary N) is 1. The van der Waals surface area contributed by atoms with Gasteiger partial charge in [0.1, 0.15) is 0 Å².